The molecule has 1 aromatic rings. The summed E-state index contributed by atoms with van der Waals surface area (Å²) in [5.74, 6) is 0. The van der Waals surface area contributed by atoms with Crippen molar-refractivity contribution in [2.75, 3.05) is 27.3 Å². The summed E-state index contributed by atoms with van der Waals surface area (Å²) >= 11 is 0. The van der Waals surface area contributed by atoms with Crippen molar-refractivity contribution in [1.29, 1.82) is 0 Å². The van der Waals surface area contributed by atoms with Gasteiger partial charge in [-0.1, -0.05) is 30.3 Å². The summed E-state index contributed by atoms with van der Waals surface area (Å²) in [5, 5.41) is 6.43. The van der Waals surface area contributed by atoms with E-state index in [4.69, 9.17) is 9.47 Å². The van der Waals surface area contributed by atoms with Crippen LogP contribution in [0.1, 0.15) is 24.8 Å². The van der Waals surface area contributed by atoms with E-state index in [1.54, 1.807) is 0 Å². The predicted molar refractivity (Wildman–Crippen MR) is 76.2 cm³/mol. The molecule has 1 fully saturated rings. The Bertz CT molecular complexity index is 398. The second kappa shape index (κ2) is 7.26. The van der Waals surface area contributed by atoms with E-state index in [-0.39, 0.29) is 6.29 Å². The maximum Gasteiger partial charge on any atom is 0.157 e. The lowest BCUT2D eigenvalue weighted by Crippen LogP contribution is -2.12. The molecule has 0 aromatic heterocycles. The zero-order valence-corrected chi connectivity index (χ0v) is 11.7. The molecule has 4 nitrogen and oxygen atoms in total. The van der Waals surface area contributed by atoms with E-state index in [9.17, 15) is 0 Å². The van der Waals surface area contributed by atoms with Gasteiger partial charge >= 0.3 is 0 Å². The minimum atomic E-state index is -0.0172. The van der Waals surface area contributed by atoms with Gasteiger partial charge in [0.1, 0.15) is 0 Å². The molecule has 104 valence electrons. The van der Waals surface area contributed by atoms with Crippen molar-refractivity contribution in [2.24, 2.45) is 5.10 Å². The average molecular weight is 262 g/mol. The number of ether oxygens (including phenoxy) is 2. The minimum absolute atomic E-state index is 0.0172. The molecule has 4 heteroatoms. The van der Waals surface area contributed by atoms with Gasteiger partial charge in [0.05, 0.1) is 18.9 Å². The summed E-state index contributed by atoms with van der Waals surface area (Å²) in [5.41, 5.74) is 2.30. The number of nitrogens with zero attached hydrogens (tertiary/aromatic N) is 2. The first-order valence-electron chi connectivity index (χ1n) is 6.79. The van der Waals surface area contributed by atoms with Crippen molar-refractivity contribution in [1.82, 2.24) is 5.01 Å². The quantitative estimate of drug-likeness (QED) is 0.583. The lowest BCUT2D eigenvalue weighted by atomic mass is 10.0. The Kier molecular flexibility index (Phi) is 5.36. The molecule has 0 N–H and O–H groups in total. The number of benzene rings is 1. The molecule has 1 aliphatic heterocycles. The first kappa shape index (κ1) is 14.0. The van der Waals surface area contributed by atoms with Crippen LogP contribution >= 0.6 is 0 Å². The SMILES string of the molecule is CN(C)/N=C(\CCCC1OCCO1)c1ccccc1. The average Bonchev–Trinajstić information content (AvgIpc) is 2.91. The Labute approximate surface area is 115 Å². The van der Waals surface area contributed by atoms with Gasteiger partial charge in [-0.2, -0.15) is 5.10 Å². The van der Waals surface area contributed by atoms with Gasteiger partial charge in [-0.15, -0.1) is 0 Å². The first-order chi connectivity index (χ1) is 9.25. The van der Waals surface area contributed by atoms with E-state index in [2.05, 4.69) is 17.2 Å². The molecule has 0 saturated carbocycles. The lowest BCUT2D eigenvalue weighted by Gasteiger charge is -2.13. The zero-order valence-electron chi connectivity index (χ0n) is 11.7. The Balaban J connectivity index is 1.91. The number of hydrogen-bond donors (Lipinski definition) is 0. The molecule has 0 radical (unpaired) electrons. The normalized spacial score (nSPS) is 16.8. The van der Waals surface area contributed by atoms with Gasteiger partial charge in [0.25, 0.3) is 0 Å². The predicted octanol–water partition coefficient (Wildman–Crippen LogP) is 2.50. The van der Waals surface area contributed by atoms with Gasteiger partial charge in [-0.05, 0) is 24.8 Å². The maximum atomic E-state index is 5.45. The van der Waals surface area contributed by atoms with E-state index in [0.717, 1.165) is 38.2 Å². The van der Waals surface area contributed by atoms with E-state index < -0.39 is 0 Å². The minimum Gasteiger partial charge on any atom is -0.350 e. The molecule has 19 heavy (non-hydrogen) atoms. The van der Waals surface area contributed by atoms with Crippen LogP contribution in [0.3, 0.4) is 0 Å². The van der Waals surface area contributed by atoms with Crippen molar-refractivity contribution in [3.63, 3.8) is 0 Å². The second-order valence-corrected chi connectivity index (χ2v) is 4.82. The molecule has 1 saturated heterocycles. The first-order valence-corrected chi connectivity index (χ1v) is 6.79. The highest BCUT2D eigenvalue weighted by molar-refractivity contribution is 6.00. The highest BCUT2D eigenvalue weighted by Gasteiger charge is 2.15. The number of hydrogen-bond acceptors (Lipinski definition) is 4. The van der Waals surface area contributed by atoms with Crippen LogP contribution in [0, 0.1) is 0 Å². The fourth-order valence-corrected chi connectivity index (χ4v) is 2.13. The molecule has 1 aliphatic rings. The summed E-state index contributed by atoms with van der Waals surface area (Å²) in [6.45, 7) is 1.45. The molecule has 0 bridgehead atoms. The van der Waals surface area contributed by atoms with Crippen LogP contribution < -0.4 is 0 Å². The van der Waals surface area contributed by atoms with Crippen LogP contribution in [0.2, 0.25) is 0 Å². The largest absolute Gasteiger partial charge is 0.350 e. The second-order valence-electron chi connectivity index (χ2n) is 4.82. The Morgan fingerprint density at radius 1 is 1.21 bits per heavy atom. The summed E-state index contributed by atoms with van der Waals surface area (Å²) in [6.07, 6.45) is 2.87. The summed E-state index contributed by atoms with van der Waals surface area (Å²) < 4.78 is 10.9. The molecule has 1 aromatic carbocycles. The third kappa shape index (κ3) is 4.65. The molecular formula is C15H22N2O2. The standard InChI is InChI=1S/C15H22N2O2/c1-17(2)16-14(13-7-4-3-5-8-13)9-6-10-15-18-11-12-19-15/h3-5,7-8,15H,6,9-12H2,1-2H3/b16-14+. The van der Waals surface area contributed by atoms with E-state index in [1.165, 1.54) is 5.56 Å². The third-order valence-corrected chi connectivity index (χ3v) is 2.97. The van der Waals surface area contributed by atoms with Crippen LogP contribution in [-0.2, 0) is 9.47 Å². The van der Waals surface area contributed by atoms with E-state index >= 15 is 0 Å². The Morgan fingerprint density at radius 2 is 1.89 bits per heavy atom. The smallest absolute Gasteiger partial charge is 0.157 e. The molecule has 0 aliphatic carbocycles. The van der Waals surface area contributed by atoms with Crippen molar-refractivity contribution in [3.8, 4) is 0 Å². The highest BCUT2D eigenvalue weighted by Crippen LogP contribution is 2.14. The molecule has 0 amide bonds. The molecule has 2 rings (SSSR count). The molecule has 0 spiro atoms. The van der Waals surface area contributed by atoms with Crippen molar-refractivity contribution in [2.45, 2.75) is 25.6 Å². The zero-order chi connectivity index (χ0) is 13.5. The van der Waals surface area contributed by atoms with Crippen molar-refractivity contribution >= 4 is 5.71 Å². The van der Waals surface area contributed by atoms with E-state index in [0.29, 0.717) is 0 Å². The van der Waals surface area contributed by atoms with Crippen molar-refractivity contribution < 1.29 is 9.47 Å². The monoisotopic (exact) mass is 262 g/mol. The lowest BCUT2D eigenvalue weighted by molar-refractivity contribution is -0.0473. The third-order valence-electron chi connectivity index (χ3n) is 2.97. The molecule has 1 heterocycles. The van der Waals surface area contributed by atoms with Gasteiger partial charge in [0, 0.05) is 14.1 Å². The van der Waals surface area contributed by atoms with Crippen molar-refractivity contribution in [3.05, 3.63) is 35.9 Å². The Morgan fingerprint density at radius 3 is 2.53 bits per heavy atom. The van der Waals surface area contributed by atoms with Gasteiger partial charge < -0.3 is 14.5 Å². The van der Waals surface area contributed by atoms with Crippen LogP contribution in [-0.4, -0.2) is 44.3 Å². The summed E-state index contributed by atoms with van der Waals surface area (Å²) in [4.78, 5) is 0. The van der Waals surface area contributed by atoms with Crippen LogP contribution in [0.4, 0.5) is 0 Å². The fourth-order valence-electron chi connectivity index (χ4n) is 2.13. The summed E-state index contributed by atoms with van der Waals surface area (Å²) in [7, 11) is 3.90. The number of hydrazone groups is 1. The van der Waals surface area contributed by atoms with Crippen LogP contribution in [0.15, 0.2) is 35.4 Å². The molecule has 0 unspecified atom stereocenters. The van der Waals surface area contributed by atoms with Gasteiger partial charge in [-0.25, -0.2) is 0 Å². The van der Waals surface area contributed by atoms with Gasteiger partial charge in [-0.3, -0.25) is 0 Å². The highest BCUT2D eigenvalue weighted by atomic mass is 16.7. The molecular weight excluding hydrogens is 240 g/mol. The van der Waals surface area contributed by atoms with Crippen LogP contribution in [0.5, 0.6) is 0 Å². The maximum absolute atomic E-state index is 5.45. The van der Waals surface area contributed by atoms with E-state index in [1.807, 2.05) is 37.3 Å². The molecule has 0 atom stereocenters. The number of rotatable bonds is 6. The fraction of sp³-hybridized carbons (Fsp3) is 0.533. The van der Waals surface area contributed by atoms with Gasteiger partial charge in [0.15, 0.2) is 6.29 Å². The summed E-state index contributed by atoms with van der Waals surface area (Å²) in [6, 6.07) is 10.3. The Hall–Kier alpha value is -1.39. The topological polar surface area (TPSA) is 34.1 Å². The van der Waals surface area contributed by atoms with Gasteiger partial charge in [0.2, 0.25) is 0 Å². The van der Waals surface area contributed by atoms with Crippen LogP contribution in [0.25, 0.3) is 0 Å².